The topological polar surface area (TPSA) is 79.6 Å². The van der Waals surface area contributed by atoms with Crippen molar-refractivity contribution in [3.63, 3.8) is 0 Å². The lowest BCUT2D eigenvalue weighted by Gasteiger charge is -2.04. The van der Waals surface area contributed by atoms with Crippen LogP contribution in [0.4, 0.5) is 5.82 Å². The molecular formula is C11H10ClN5O. The number of nitrogens with zero attached hydrogens (tertiary/aromatic N) is 3. The lowest BCUT2D eigenvalue weighted by Crippen LogP contribution is -2.02. The number of hydrogen-bond acceptors (Lipinski definition) is 5. The van der Waals surface area contributed by atoms with Gasteiger partial charge in [0.05, 0.1) is 12.6 Å². The number of imidazole rings is 1. The number of H-pyrrole nitrogens is 1. The Hall–Kier alpha value is -2.08. The van der Waals surface area contributed by atoms with Gasteiger partial charge in [0, 0.05) is 12.1 Å². The summed E-state index contributed by atoms with van der Waals surface area (Å²) in [6.45, 7) is 2.50. The van der Waals surface area contributed by atoms with Crippen molar-refractivity contribution in [2.24, 2.45) is 0 Å². The molecule has 0 unspecified atom stereocenters. The SMILES string of the molecule is Cc1cc(CNc2nc(Cl)nc3nc[nH]c23)co1. The Morgan fingerprint density at radius 2 is 2.33 bits per heavy atom. The number of aromatic nitrogens is 4. The molecule has 0 aromatic carbocycles. The summed E-state index contributed by atoms with van der Waals surface area (Å²) < 4.78 is 5.23. The summed E-state index contributed by atoms with van der Waals surface area (Å²) in [5.41, 5.74) is 2.32. The minimum atomic E-state index is 0.167. The number of aromatic amines is 1. The molecule has 0 fully saturated rings. The maximum atomic E-state index is 5.83. The normalized spacial score (nSPS) is 11.0. The van der Waals surface area contributed by atoms with Crippen LogP contribution < -0.4 is 5.32 Å². The summed E-state index contributed by atoms with van der Waals surface area (Å²) in [5, 5.41) is 3.34. The molecule has 92 valence electrons. The van der Waals surface area contributed by atoms with Crippen molar-refractivity contribution in [2.45, 2.75) is 13.5 Å². The molecule has 0 amide bonds. The first-order valence-electron chi connectivity index (χ1n) is 5.37. The molecule has 0 spiro atoms. The molecule has 3 aromatic heterocycles. The van der Waals surface area contributed by atoms with Crippen LogP contribution in [0.2, 0.25) is 5.28 Å². The Kier molecular flexibility index (Phi) is 2.64. The zero-order valence-corrected chi connectivity index (χ0v) is 10.3. The summed E-state index contributed by atoms with van der Waals surface area (Å²) in [4.78, 5) is 15.2. The minimum Gasteiger partial charge on any atom is -0.469 e. The molecule has 0 aliphatic heterocycles. The van der Waals surface area contributed by atoms with Gasteiger partial charge in [0.2, 0.25) is 5.28 Å². The van der Waals surface area contributed by atoms with Crippen molar-refractivity contribution in [3.8, 4) is 0 Å². The van der Waals surface area contributed by atoms with Gasteiger partial charge in [-0.05, 0) is 24.6 Å². The molecule has 6 nitrogen and oxygen atoms in total. The molecule has 3 aromatic rings. The summed E-state index contributed by atoms with van der Waals surface area (Å²) in [6, 6.07) is 1.96. The third-order valence-electron chi connectivity index (χ3n) is 2.50. The highest BCUT2D eigenvalue weighted by Gasteiger charge is 2.08. The van der Waals surface area contributed by atoms with Crippen LogP contribution >= 0.6 is 11.6 Å². The fraction of sp³-hybridized carbons (Fsp3) is 0.182. The van der Waals surface area contributed by atoms with Gasteiger partial charge in [0.25, 0.3) is 0 Å². The number of halogens is 1. The fourth-order valence-electron chi connectivity index (χ4n) is 1.71. The third kappa shape index (κ3) is 2.02. The van der Waals surface area contributed by atoms with Crippen LogP contribution in [0.3, 0.4) is 0 Å². The van der Waals surface area contributed by atoms with Crippen LogP contribution in [0.15, 0.2) is 23.1 Å². The van der Waals surface area contributed by atoms with E-state index in [9.17, 15) is 0 Å². The molecule has 3 rings (SSSR count). The third-order valence-corrected chi connectivity index (χ3v) is 2.67. The van der Waals surface area contributed by atoms with Crippen LogP contribution in [0, 0.1) is 6.92 Å². The highest BCUT2D eigenvalue weighted by Crippen LogP contribution is 2.19. The Labute approximate surface area is 107 Å². The predicted octanol–water partition coefficient (Wildman–Crippen LogP) is 2.52. The lowest BCUT2D eigenvalue weighted by atomic mass is 10.3. The first-order chi connectivity index (χ1) is 8.72. The Morgan fingerprint density at radius 3 is 3.11 bits per heavy atom. The van der Waals surface area contributed by atoms with Crippen LogP contribution in [-0.4, -0.2) is 19.9 Å². The highest BCUT2D eigenvalue weighted by atomic mass is 35.5. The molecule has 0 radical (unpaired) electrons. The fourth-order valence-corrected chi connectivity index (χ4v) is 1.88. The zero-order valence-electron chi connectivity index (χ0n) is 9.57. The second kappa shape index (κ2) is 4.30. The average Bonchev–Trinajstić information content (AvgIpc) is 2.94. The van der Waals surface area contributed by atoms with Crippen molar-refractivity contribution in [1.29, 1.82) is 0 Å². The van der Waals surface area contributed by atoms with Gasteiger partial charge in [-0.2, -0.15) is 9.97 Å². The molecule has 0 saturated heterocycles. The molecule has 0 aliphatic rings. The van der Waals surface area contributed by atoms with Crippen LogP contribution in [0.5, 0.6) is 0 Å². The first-order valence-corrected chi connectivity index (χ1v) is 5.74. The first kappa shape index (κ1) is 11.0. The van der Waals surface area contributed by atoms with E-state index in [-0.39, 0.29) is 5.28 Å². The number of hydrogen-bond donors (Lipinski definition) is 2. The zero-order chi connectivity index (χ0) is 12.5. The Morgan fingerprint density at radius 1 is 1.44 bits per heavy atom. The molecule has 2 N–H and O–H groups in total. The van der Waals surface area contributed by atoms with Crippen molar-refractivity contribution in [1.82, 2.24) is 19.9 Å². The van der Waals surface area contributed by atoms with Gasteiger partial charge < -0.3 is 14.7 Å². The molecule has 0 bridgehead atoms. The molecule has 0 aliphatic carbocycles. The standard InChI is InChI=1S/C11H10ClN5O/c1-6-2-7(4-18-6)3-13-9-8-10(15-5-14-8)17-11(12)16-9/h2,4-5H,3H2,1H3,(H2,13,14,15,16,17). The van der Waals surface area contributed by atoms with Crippen molar-refractivity contribution in [3.05, 3.63) is 35.3 Å². The van der Waals surface area contributed by atoms with Crippen molar-refractivity contribution < 1.29 is 4.42 Å². The second-order valence-electron chi connectivity index (χ2n) is 3.86. The minimum absolute atomic E-state index is 0.167. The second-order valence-corrected chi connectivity index (χ2v) is 4.20. The van der Waals surface area contributed by atoms with E-state index in [0.29, 0.717) is 18.0 Å². The largest absolute Gasteiger partial charge is 0.469 e. The van der Waals surface area contributed by atoms with E-state index in [4.69, 9.17) is 16.0 Å². The molecule has 0 saturated carbocycles. The van der Waals surface area contributed by atoms with Gasteiger partial charge in [0.1, 0.15) is 11.3 Å². The average molecular weight is 264 g/mol. The number of fused-ring (bicyclic) bond motifs is 1. The monoisotopic (exact) mass is 263 g/mol. The molecule has 3 heterocycles. The van der Waals surface area contributed by atoms with Crippen LogP contribution in [-0.2, 0) is 6.54 Å². The van der Waals surface area contributed by atoms with E-state index in [2.05, 4.69) is 25.3 Å². The summed E-state index contributed by atoms with van der Waals surface area (Å²) in [5.74, 6) is 1.50. The smallest absolute Gasteiger partial charge is 0.226 e. The van der Waals surface area contributed by atoms with E-state index in [1.54, 1.807) is 12.6 Å². The van der Waals surface area contributed by atoms with Gasteiger partial charge in [-0.1, -0.05) is 0 Å². The van der Waals surface area contributed by atoms with Gasteiger partial charge in [-0.3, -0.25) is 0 Å². The van der Waals surface area contributed by atoms with Gasteiger partial charge in [-0.25, -0.2) is 4.98 Å². The molecule has 0 atom stereocenters. The van der Waals surface area contributed by atoms with E-state index in [1.165, 1.54) is 0 Å². The van der Waals surface area contributed by atoms with Gasteiger partial charge in [0.15, 0.2) is 11.5 Å². The molecular weight excluding hydrogens is 254 g/mol. The number of aryl methyl sites for hydroxylation is 1. The van der Waals surface area contributed by atoms with E-state index >= 15 is 0 Å². The maximum Gasteiger partial charge on any atom is 0.226 e. The highest BCUT2D eigenvalue weighted by molar-refractivity contribution is 6.28. The van der Waals surface area contributed by atoms with Crippen molar-refractivity contribution >= 4 is 28.6 Å². The van der Waals surface area contributed by atoms with E-state index in [0.717, 1.165) is 16.8 Å². The maximum absolute atomic E-state index is 5.83. The molecule has 18 heavy (non-hydrogen) atoms. The lowest BCUT2D eigenvalue weighted by molar-refractivity contribution is 0.532. The summed E-state index contributed by atoms with van der Waals surface area (Å²) in [7, 11) is 0. The summed E-state index contributed by atoms with van der Waals surface area (Å²) >= 11 is 5.83. The quantitative estimate of drug-likeness (QED) is 0.710. The number of nitrogens with one attached hydrogen (secondary N) is 2. The summed E-state index contributed by atoms with van der Waals surface area (Å²) in [6.07, 6.45) is 3.26. The molecule has 7 heteroatoms. The van der Waals surface area contributed by atoms with Gasteiger partial charge in [-0.15, -0.1) is 0 Å². The predicted molar refractivity (Wildman–Crippen MR) is 67.5 cm³/mol. The number of anilines is 1. The van der Waals surface area contributed by atoms with Crippen molar-refractivity contribution in [2.75, 3.05) is 5.32 Å². The van der Waals surface area contributed by atoms with E-state index < -0.39 is 0 Å². The van der Waals surface area contributed by atoms with Gasteiger partial charge >= 0.3 is 0 Å². The van der Waals surface area contributed by atoms with E-state index in [1.807, 2.05) is 13.0 Å². The van der Waals surface area contributed by atoms with Crippen LogP contribution in [0.1, 0.15) is 11.3 Å². The number of furan rings is 1. The Bertz CT molecular complexity index is 690. The van der Waals surface area contributed by atoms with Crippen LogP contribution in [0.25, 0.3) is 11.2 Å². The number of rotatable bonds is 3. The Balaban J connectivity index is 1.87.